The lowest BCUT2D eigenvalue weighted by atomic mass is 9.77. The summed E-state index contributed by atoms with van der Waals surface area (Å²) in [4.78, 5) is 2.67. The van der Waals surface area contributed by atoms with Crippen molar-refractivity contribution in [1.29, 1.82) is 0 Å². The van der Waals surface area contributed by atoms with Crippen LogP contribution in [0, 0.1) is 5.41 Å². The molecule has 122 valence electrons. The largest absolute Gasteiger partial charge is 0.394 e. The van der Waals surface area contributed by atoms with E-state index in [4.69, 9.17) is 0 Å². The molecule has 1 atom stereocenters. The number of aliphatic hydroxyl groups excluding tert-OH is 1. The van der Waals surface area contributed by atoms with Crippen molar-refractivity contribution in [2.24, 2.45) is 5.41 Å². The molecule has 3 heteroatoms. The third kappa shape index (κ3) is 4.20. The molecule has 3 nitrogen and oxygen atoms in total. The second-order valence-electron chi connectivity index (χ2n) is 8.29. The molecular formula is C18H34N2O. The number of piperidine rings is 1. The van der Waals surface area contributed by atoms with E-state index in [1.54, 1.807) is 0 Å². The van der Waals surface area contributed by atoms with Gasteiger partial charge in [0.15, 0.2) is 0 Å². The molecule has 0 aromatic heterocycles. The molecule has 0 radical (unpaired) electrons. The highest BCUT2D eigenvalue weighted by molar-refractivity contribution is 4.93. The van der Waals surface area contributed by atoms with Gasteiger partial charge in [0.2, 0.25) is 0 Å². The molecule has 2 saturated carbocycles. The van der Waals surface area contributed by atoms with Crippen molar-refractivity contribution in [3.8, 4) is 0 Å². The number of rotatable bonds is 7. The van der Waals surface area contributed by atoms with Crippen LogP contribution in [0.5, 0.6) is 0 Å². The van der Waals surface area contributed by atoms with E-state index in [-0.39, 0.29) is 12.1 Å². The summed E-state index contributed by atoms with van der Waals surface area (Å²) in [5, 5.41) is 13.3. The minimum atomic E-state index is -0.0520. The van der Waals surface area contributed by atoms with E-state index in [9.17, 15) is 5.11 Å². The van der Waals surface area contributed by atoms with Gasteiger partial charge in [0.1, 0.15) is 0 Å². The van der Waals surface area contributed by atoms with Gasteiger partial charge in [0.05, 0.1) is 6.61 Å². The van der Waals surface area contributed by atoms with Crippen LogP contribution in [0.4, 0.5) is 0 Å². The third-order valence-corrected chi connectivity index (χ3v) is 6.26. The Morgan fingerprint density at radius 2 is 1.81 bits per heavy atom. The molecule has 0 aromatic carbocycles. The van der Waals surface area contributed by atoms with E-state index >= 15 is 0 Å². The van der Waals surface area contributed by atoms with E-state index in [1.807, 2.05) is 0 Å². The van der Waals surface area contributed by atoms with Gasteiger partial charge in [0, 0.05) is 11.6 Å². The molecule has 3 rings (SSSR count). The normalized spacial score (nSPS) is 28.9. The van der Waals surface area contributed by atoms with Gasteiger partial charge in [-0.2, -0.15) is 0 Å². The van der Waals surface area contributed by atoms with Crippen LogP contribution in [0.3, 0.4) is 0 Å². The zero-order chi connectivity index (χ0) is 14.8. The van der Waals surface area contributed by atoms with Crippen LogP contribution in [0.25, 0.3) is 0 Å². The Morgan fingerprint density at radius 3 is 2.38 bits per heavy atom. The molecule has 0 aromatic rings. The van der Waals surface area contributed by atoms with Crippen LogP contribution < -0.4 is 5.32 Å². The third-order valence-electron chi connectivity index (χ3n) is 6.26. The Labute approximate surface area is 130 Å². The topological polar surface area (TPSA) is 35.5 Å². The van der Waals surface area contributed by atoms with Crippen LogP contribution in [0.15, 0.2) is 0 Å². The van der Waals surface area contributed by atoms with Crippen molar-refractivity contribution in [3.63, 3.8) is 0 Å². The summed E-state index contributed by atoms with van der Waals surface area (Å²) in [6.45, 7) is 6.30. The molecule has 1 unspecified atom stereocenters. The van der Waals surface area contributed by atoms with Crippen LogP contribution in [-0.2, 0) is 0 Å². The average molecular weight is 294 g/mol. The van der Waals surface area contributed by atoms with E-state index < -0.39 is 0 Å². The van der Waals surface area contributed by atoms with E-state index in [0.717, 1.165) is 11.8 Å². The molecule has 0 amide bonds. The maximum atomic E-state index is 9.66. The standard InChI is InChI=1S/C18H34N2O/c1-17(15-21,19-16-5-6-16)7-4-12-20-13-10-18(11-14-20)8-2-3-9-18/h16,19,21H,2-15H2,1H3. The fourth-order valence-corrected chi connectivity index (χ4v) is 4.49. The van der Waals surface area contributed by atoms with Crippen LogP contribution in [0.2, 0.25) is 0 Å². The van der Waals surface area contributed by atoms with E-state index in [1.165, 1.54) is 77.4 Å². The maximum Gasteiger partial charge on any atom is 0.0610 e. The van der Waals surface area contributed by atoms with Gasteiger partial charge in [-0.15, -0.1) is 0 Å². The Kier molecular flexibility index (Phi) is 4.92. The molecule has 3 aliphatic rings. The first-order valence-electron chi connectivity index (χ1n) is 9.24. The fourth-order valence-electron chi connectivity index (χ4n) is 4.49. The Morgan fingerprint density at radius 1 is 1.14 bits per heavy atom. The fraction of sp³-hybridized carbons (Fsp3) is 1.00. The summed E-state index contributed by atoms with van der Waals surface area (Å²) in [5.74, 6) is 0. The van der Waals surface area contributed by atoms with Gasteiger partial charge in [0.25, 0.3) is 0 Å². The smallest absolute Gasteiger partial charge is 0.0610 e. The number of hydrogen-bond donors (Lipinski definition) is 2. The molecule has 1 heterocycles. The second kappa shape index (κ2) is 6.55. The first-order chi connectivity index (χ1) is 10.1. The van der Waals surface area contributed by atoms with Gasteiger partial charge >= 0.3 is 0 Å². The Hall–Kier alpha value is -0.120. The average Bonchev–Trinajstić information content (AvgIpc) is 3.18. The van der Waals surface area contributed by atoms with Crippen LogP contribution in [0.1, 0.15) is 71.1 Å². The van der Waals surface area contributed by atoms with E-state index in [2.05, 4.69) is 17.1 Å². The number of nitrogens with one attached hydrogen (secondary N) is 1. The number of likely N-dealkylation sites (tertiary alicyclic amines) is 1. The zero-order valence-corrected chi connectivity index (χ0v) is 13.9. The van der Waals surface area contributed by atoms with Crippen molar-refractivity contribution < 1.29 is 5.11 Å². The predicted octanol–water partition coefficient (Wildman–Crippen LogP) is 2.93. The number of nitrogens with zero attached hydrogens (tertiary/aromatic N) is 1. The first-order valence-corrected chi connectivity index (χ1v) is 9.24. The van der Waals surface area contributed by atoms with Gasteiger partial charge in [-0.3, -0.25) is 0 Å². The summed E-state index contributed by atoms with van der Waals surface area (Å²) >= 11 is 0. The summed E-state index contributed by atoms with van der Waals surface area (Å²) in [6.07, 6.45) is 13.7. The minimum absolute atomic E-state index is 0.0520. The Bertz CT molecular complexity index is 326. The molecule has 1 spiro atoms. The quantitative estimate of drug-likeness (QED) is 0.758. The minimum Gasteiger partial charge on any atom is -0.394 e. The number of hydrogen-bond acceptors (Lipinski definition) is 3. The predicted molar refractivity (Wildman–Crippen MR) is 87.5 cm³/mol. The summed E-state index contributed by atoms with van der Waals surface area (Å²) in [6, 6.07) is 0.680. The van der Waals surface area contributed by atoms with Gasteiger partial charge in [-0.05, 0) is 83.3 Å². The lowest BCUT2D eigenvalue weighted by Crippen LogP contribution is -2.47. The number of aliphatic hydroxyl groups is 1. The van der Waals surface area contributed by atoms with Crippen molar-refractivity contribution in [3.05, 3.63) is 0 Å². The second-order valence-corrected chi connectivity index (χ2v) is 8.29. The molecule has 1 saturated heterocycles. The Balaban J connectivity index is 1.35. The SMILES string of the molecule is CC(CO)(CCCN1CCC2(CCCC2)CC1)NC1CC1. The van der Waals surface area contributed by atoms with Gasteiger partial charge < -0.3 is 15.3 Å². The molecule has 1 aliphatic heterocycles. The van der Waals surface area contributed by atoms with Crippen molar-refractivity contribution in [1.82, 2.24) is 10.2 Å². The van der Waals surface area contributed by atoms with E-state index in [0.29, 0.717) is 6.04 Å². The van der Waals surface area contributed by atoms with Crippen LogP contribution in [-0.4, -0.2) is 47.8 Å². The monoisotopic (exact) mass is 294 g/mol. The first kappa shape index (κ1) is 15.8. The molecule has 0 bridgehead atoms. The summed E-state index contributed by atoms with van der Waals surface area (Å²) < 4.78 is 0. The molecule has 2 aliphatic carbocycles. The molecule has 3 fully saturated rings. The van der Waals surface area contributed by atoms with Crippen molar-refractivity contribution in [2.75, 3.05) is 26.2 Å². The van der Waals surface area contributed by atoms with Crippen LogP contribution >= 0.6 is 0 Å². The summed E-state index contributed by atoms with van der Waals surface area (Å²) in [5.41, 5.74) is 0.688. The zero-order valence-electron chi connectivity index (χ0n) is 13.9. The van der Waals surface area contributed by atoms with Crippen molar-refractivity contribution >= 4 is 0 Å². The highest BCUT2D eigenvalue weighted by Crippen LogP contribution is 2.46. The van der Waals surface area contributed by atoms with Gasteiger partial charge in [-0.25, -0.2) is 0 Å². The summed E-state index contributed by atoms with van der Waals surface area (Å²) in [7, 11) is 0. The maximum absolute atomic E-state index is 9.66. The van der Waals surface area contributed by atoms with Crippen molar-refractivity contribution in [2.45, 2.75) is 82.7 Å². The highest BCUT2D eigenvalue weighted by atomic mass is 16.3. The molecule has 21 heavy (non-hydrogen) atoms. The molecule has 2 N–H and O–H groups in total. The highest BCUT2D eigenvalue weighted by Gasteiger charge is 2.37. The lowest BCUT2D eigenvalue weighted by molar-refractivity contribution is 0.101. The van der Waals surface area contributed by atoms with Gasteiger partial charge in [-0.1, -0.05) is 12.8 Å². The lowest BCUT2D eigenvalue weighted by Gasteiger charge is -2.40. The molecular weight excluding hydrogens is 260 g/mol.